The fourth-order valence-corrected chi connectivity index (χ4v) is 4.34. The zero-order chi connectivity index (χ0) is 12.3. The monoisotopic (exact) mass is 331 g/mol. The quantitative estimate of drug-likeness (QED) is 0.819. The molecule has 6 heteroatoms. The summed E-state index contributed by atoms with van der Waals surface area (Å²) >= 11 is 6.91. The topological polar surface area (TPSA) is 54.7 Å². The van der Waals surface area contributed by atoms with Gasteiger partial charge in [-0.3, -0.25) is 0 Å². The van der Waals surface area contributed by atoms with E-state index in [2.05, 4.69) is 44.3 Å². The Morgan fingerprint density at radius 3 is 3.00 bits per heavy atom. The lowest BCUT2D eigenvalue weighted by atomic mass is 10.1. The maximum Gasteiger partial charge on any atom is 0.165 e. The first-order valence-electron chi connectivity index (χ1n) is 5.36. The summed E-state index contributed by atoms with van der Waals surface area (Å²) in [4.78, 5) is 8.65. The molecule has 2 unspecified atom stereocenters. The van der Waals surface area contributed by atoms with Crippen LogP contribution in [0.1, 0.15) is 23.5 Å². The molecule has 0 aliphatic heterocycles. The van der Waals surface area contributed by atoms with E-state index in [0.29, 0.717) is 0 Å². The molecule has 0 aliphatic rings. The van der Waals surface area contributed by atoms with Crippen molar-refractivity contribution in [1.82, 2.24) is 9.97 Å². The van der Waals surface area contributed by atoms with Gasteiger partial charge < -0.3 is 10.7 Å². The van der Waals surface area contributed by atoms with Gasteiger partial charge in [0.25, 0.3) is 0 Å². The fraction of sp³-hybridized carbons (Fsp3) is 0.364. The Kier molecular flexibility index (Phi) is 4.67. The third kappa shape index (κ3) is 3.34. The van der Waals surface area contributed by atoms with Crippen LogP contribution in [-0.2, 0) is 0 Å². The van der Waals surface area contributed by atoms with Crippen molar-refractivity contribution in [2.75, 3.05) is 0 Å². The Bertz CT molecular complexity index is 455. The Labute approximate surface area is 117 Å². The molecule has 0 bridgehead atoms. The van der Waals surface area contributed by atoms with E-state index < -0.39 is 0 Å². The van der Waals surface area contributed by atoms with Gasteiger partial charge in [-0.2, -0.15) is 0 Å². The van der Waals surface area contributed by atoms with E-state index in [-0.39, 0.29) is 11.3 Å². The normalized spacial score (nSPS) is 14.8. The van der Waals surface area contributed by atoms with Crippen LogP contribution in [0.2, 0.25) is 0 Å². The molecule has 2 atom stereocenters. The van der Waals surface area contributed by atoms with Crippen LogP contribution < -0.4 is 5.73 Å². The lowest BCUT2D eigenvalue weighted by Crippen LogP contribution is -2.25. The second-order valence-corrected chi connectivity index (χ2v) is 6.66. The van der Waals surface area contributed by atoms with Gasteiger partial charge in [-0.05, 0) is 28.4 Å². The number of rotatable bonds is 5. The summed E-state index contributed by atoms with van der Waals surface area (Å²) in [5, 5.41) is 3.26. The zero-order valence-corrected chi connectivity index (χ0v) is 12.6. The van der Waals surface area contributed by atoms with E-state index in [1.165, 1.54) is 4.88 Å². The van der Waals surface area contributed by atoms with Gasteiger partial charge in [-0.25, -0.2) is 4.98 Å². The van der Waals surface area contributed by atoms with Crippen LogP contribution in [0.5, 0.6) is 0 Å². The van der Waals surface area contributed by atoms with Gasteiger partial charge >= 0.3 is 0 Å². The number of thiophene rings is 1. The predicted molar refractivity (Wildman–Crippen MR) is 77.5 cm³/mol. The third-order valence-corrected chi connectivity index (χ3v) is 5.67. The minimum Gasteiger partial charge on any atom is -0.340 e. The van der Waals surface area contributed by atoms with Crippen LogP contribution in [-0.4, -0.2) is 16.0 Å². The lowest BCUT2D eigenvalue weighted by molar-refractivity contribution is 0.638. The minimum absolute atomic E-state index is 0.135. The van der Waals surface area contributed by atoms with E-state index in [9.17, 15) is 0 Å². The highest BCUT2D eigenvalue weighted by Crippen LogP contribution is 2.40. The smallest absolute Gasteiger partial charge is 0.165 e. The van der Waals surface area contributed by atoms with Crippen LogP contribution in [0.3, 0.4) is 0 Å². The highest BCUT2D eigenvalue weighted by atomic mass is 79.9. The molecule has 0 amide bonds. The Morgan fingerprint density at radius 1 is 1.65 bits per heavy atom. The molecule has 2 aromatic heterocycles. The maximum absolute atomic E-state index is 6.20. The molecular weight excluding hydrogens is 318 g/mol. The number of hydrogen-bond acceptors (Lipinski definition) is 4. The van der Waals surface area contributed by atoms with E-state index in [1.807, 2.05) is 6.20 Å². The van der Waals surface area contributed by atoms with Crippen molar-refractivity contribution in [2.45, 2.75) is 29.8 Å². The van der Waals surface area contributed by atoms with Crippen LogP contribution in [0.4, 0.5) is 0 Å². The molecular formula is C11H14BrN3S2. The van der Waals surface area contributed by atoms with Crippen molar-refractivity contribution in [3.8, 4) is 0 Å². The van der Waals surface area contributed by atoms with Gasteiger partial charge in [0.2, 0.25) is 0 Å². The second-order valence-electron chi connectivity index (χ2n) is 3.67. The van der Waals surface area contributed by atoms with E-state index in [0.717, 1.165) is 16.0 Å². The Hall–Kier alpha value is -0.300. The number of hydrogen-bond donors (Lipinski definition) is 2. The molecule has 3 nitrogen and oxygen atoms in total. The summed E-state index contributed by atoms with van der Waals surface area (Å²) < 4.78 is 1.12. The number of H-pyrrole nitrogens is 1. The van der Waals surface area contributed by atoms with Gasteiger partial charge in [0, 0.05) is 33.2 Å². The molecule has 0 spiro atoms. The van der Waals surface area contributed by atoms with Gasteiger partial charge in [-0.15, -0.1) is 11.3 Å². The first-order valence-corrected chi connectivity index (χ1v) is 7.91. The number of aromatic nitrogens is 2. The van der Waals surface area contributed by atoms with Gasteiger partial charge in [0.1, 0.15) is 0 Å². The fourth-order valence-electron chi connectivity index (χ4n) is 1.48. The summed E-state index contributed by atoms with van der Waals surface area (Å²) in [5.41, 5.74) is 6.20. The average Bonchev–Trinajstić information content (AvgIpc) is 2.96. The summed E-state index contributed by atoms with van der Waals surface area (Å²) in [6.45, 7) is 2.11. The van der Waals surface area contributed by atoms with Crippen LogP contribution in [0.15, 0.2) is 33.5 Å². The molecule has 17 heavy (non-hydrogen) atoms. The number of halogens is 1. The highest BCUT2D eigenvalue weighted by Gasteiger charge is 2.22. The van der Waals surface area contributed by atoms with Crippen molar-refractivity contribution in [3.05, 3.63) is 33.2 Å². The van der Waals surface area contributed by atoms with Crippen LogP contribution >= 0.6 is 39.0 Å². The number of nitrogens with one attached hydrogen (secondary N) is 1. The molecule has 0 fully saturated rings. The lowest BCUT2D eigenvalue weighted by Gasteiger charge is -2.19. The highest BCUT2D eigenvalue weighted by molar-refractivity contribution is 9.10. The average molecular weight is 332 g/mol. The number of aromatic amines is 1. The molecule has 0 saturated heterocycles. The molecule has 0 aromatic carbocycles. The first kappa shape index (κ1) is 13.1. The molecule has 3 N–H and O–H groups in total. The summed E-state index contributed by atoms with van der Waals surface area (Å²) in [7, 11) is 0. The van der Waals surface area contributed by atoms with Crippen molar-refractivity contribution in [1.29, 1.82) is 0 Å². The summed E-state index contributed by atoms with van der Waals surface area (Å²) in [5.74, 6) is 0. The number of nitrogens with zero attached hydrogens (tertiary/aromatic N) is 1. The van der Waals surface area contributed by atoms with Crippen molar-refractivity contribution >= 4 is 39.0 Å². The molecule has 2 heterocycles. The van der Waals surface area contributed by atoms with Gasteiger partial charge in [-0.1, -0.05) is 18.7 Å². The standard InChI is InChI=1S/C11H14BrN3S2/c1-2-8(13)10(9-5-7(12)6-16-9)17-11-14-3-4-15-11/h3-6,8,10H,2,13H2,1H3,(H,14,15). The van der Waals surface area contributed by atoms with E-state index in [4.69, 9.17) is 5.73 Å². The molecule has 0 saturated carbocycles. The summed E-state index contributed by atoms with van der Waals surface area (Å²) in [6, 6.07) is 2.27. The summed E-state index contributed by atoms with van der Waals surface area (Å²) in [6.07, 6.45) is 4.55. The minimum atomic E-state index is 0.135. The zero-order valence-electron chi connectivity index (χ0n) is 9.39. The SMILES string of the molecule is CCC(N)C(Sc1ncc[nH]1)c1cc(Br)cs1. The Balaban J connectivity index is 2.19. The third-order valence-electron chi connectivity index (χ3n) is 2.44. The van der Waals surface area contributed by atoms with Crippen LogP contribution in [0.25, 0.3) is 0 Å². The molecule has 2 rings (SSSR count). The molecule has 0 aliphatic carbocycles. The second kappa shape index (κ2) is 6.04. The number of imidazole rings is 1. The Morgan fingerprint density at radius 2 is 2.47 bits per heavy atom. The molecule has 0 radical (unpaired) electrons. The molecule has 92 valence electrons. The molecule has 2 aromatic rings. The van der Waals surface area contributed by atoms with Gasteiger partial charge in [0.05, 0.1) is 5.25 Å². The number of thioether (sulfide) groups is 1. The van der Waals surface area contributed by atoms with Crippen LogP contribution in [0, 0.1) is 0 Å². The van der Waals surface area contributed by atoms with Crippen molar-refractivity contribution in [3.63, 3.8) is 0 Å². The predicted octanol–water partition coefficient (Wildman–Crippen LogP) is 3.80. The van der Waals surface area contributed by atoms with E-state index in [1.54, 1.807) is 29.3 Å². The largest absolute Gasteiger partial charge is 0.340 e. The van der Waals surface area contributed by atoms with E-state index >= 15 is 0 Å². The van der Waals surface area contributed by atoms with Crippen molar-refractivity contribution in [2.24, 2.45) is 5.73 Å². The van der Waals surface area contributed by atoms with Gasteiger partial charge in [0.15, 0.2) is 5.16 Å². The number of nitrogens with two attached hydrogens (primary N) is 1. The maximum atomic E-state index is 6.20. The first-order chi connectivity index (χ1) is 8.20. The van der Waals surface area contributed by atoms with Crippen molar-refractivity contribution < 1.29 is 0 Å².